The Balaban J connectivity index is 1.50. The third-order valence-corrected chi connectivity index (χ3v) is 5.69. The number of carbonyl (C=O) groups is 1. The zero-order valence-corrected chi connectivity index (χ0v) is 19.6. The molecule has 0 aliphatic heterocycles. The second kappa shape index (κ2) is 10.6. The van der Waals surface area contributed by atoms with Crippen LogP contribution in [0.1, 0.15) is 22.5 Å². The van der Waals surface area contributed by atoms with Crippen molar-refractivity contribution in [2.75, 3.05) is 4.90 Å². The van der Waals surface area contributed by atoms with Crippen molar-refractivity contribution in [2.45, 2.75) is 33.5 Å². The topological polar surface area (TPSA) is 90.5 Å². The average Bonchev–Trinajstić information content (AvgIpc) is 3.15. The lowest BCUT2D eigenvalue weighted by Crippen LogP contribution is -2.34. The van der Waals surface area contributed by atoms with Crippen LogP contribution in [0.15, 0.2) is 84.9 Å². The minimum atomic E-state index is -0.463. The van der Waals surface area contributed by atoms with Crippen LogP contribution in [0.5, 0.6) is 5.75 Å². The molecule has 1 heterocycles. The minimum Gasteiger partial charge on any atom is -0.489 e. The Hall–Kier alpha value is -4.46. The maximum absolute atomic E-state index is 13.4. The average molecular weight is 471 g/mol. The Labute approximate surface area is 203 Å². The highest BCUT2D eigenvalue weighted by atomic mass is 16.6. The summed E-state index contributed by atoms with van der Waals surface area (Å²) < 4.78 is 7.26. The number of benzene rings is 3. The number of nitro groups is 1. The number of amides is 1. The van der Waals surface area contributed by atoms with Crippen LogP contribution in [0.4, 0.5) is 11.4 Å². The van der Waals surface area contributed by atoms with Gasteiger partial charge in [-0.15, -0.1) is 0 Å². The molecule has 8 nitrogen and oxygen atoms in total. The molecule has 0 radical (unpaired) electrons. The molecule has 0 saturated carbocycles. The van der Waals surface area contributed by atoms with Gasteiger partial charge in [-0.3, -0.25) is 19.6 Å². The van der Waals surface area contributed by atoms with Crippen molar-refractivity contribution in [3.05, 3.63) is 118 Å². The van der Waals surface area contributed by atoms with Crippen molar-refractivity contribution < 1.29 is 14.5 Å². The van der Waals surface area contributed by atoms with E-state index in [1.165, 1.54) is 4.68 Å². The molecule has 8 heteroatoms. The van der Waals surface area contributed by atoms with Gasteiger partial charge in [-0.1, -0.05) is 60.7 Å². The van der Waals surface area contributed by atoms with E-state index in [0.717, 1.165) is 22.6 Å². The summed E-state index contributed by atoms with van der Waals surface area (Å²) >= 11 is 0. The summed E-state index contributed by atoms with van der Waals surface area (Å²) in [6, 6.07) is 26.9. The normalized spacial score (nSPS) is 10.7. The van der Waals surface area contributed by atoms with Gasteiger partial charge in [-0.25, -0.2) is 0 Å². The molecule has 0 unspecified atom stereocenters. The first kappa shape index (κ1) is 23.7. The number of aromatic nitrogens is 2. The molecule has 0 aliphatic carbocycles. The smallest absolute Gasteiger partial charge is 0.312 e. The van der Waals surface area contributed by atoms with Crippen LogP contribution < -0.4 is 9.64 Å². The zero-order valence-electron chi connectivity index (χ0n) is 19.6. The van der Waals surface area contributed by atoms with Crippen molar-refractivity contribution >= 4 is 17.3 Å². The van der Waals surface area contributed by atoms with Crippen LogP contribution in [0.2, 0.25) is 0 Å². The van der Waals surface area contributed by atoms with Gasteiger partial charge in [0.2, 0.25) is 5.91 Å². The van der Waals surface area contributed by atoms with Gasteiger partial charge in [0.1, 0.15) is 30.3 Å². The monoisotopic (exact) mass is 470 g/mol. The molecule has 0 bridgehead atoms. The zero-order chi connectivity index (χ0) is 24.8. The Bertz CT molecular complexity index is 1300. The number of anilines is 1. The molecule has 0 atom stereocenters. The number of rotatable bonds is 9. The van der Waals surface area contributed by atoms with Crippen LogP contribution in [0.25, 0.3) is 0 Å². The summed E-state index contributed by atoms with van der Waals surface area (Å²) in [5.41, 5.74) is 3.33. The molecular formula is C27H26N4O4. The molecule has 3 aromatic carbocycles. The van der Waals surface area contributed by atoms with E-state index in [0.29, 0.717) is 18.8 Å². The largest absolute Gasteiger partial charge is 0.489 e. The van der Waals surface area contributed by atoms with Gasteiger partial charge in [-0.2, -0.15) is 5.10 Å². The van der Waals surface area contributed by atoms with Crippen molar-refractivity contribution in [1.82, 2.24) is 9.78 Å². The van der Waals surface area contributed by atoms with Gasteiger partial charge in [0.25, 0.3) is 0 Å². The highest BCUT2D eigenvalue weighted by molar-refractivity contribution is 5.93. The highest BCUT2D eigenvalue weighted by Crippen LogP contribution is 2.24. The fraction of sp³-hybridized carbons (Fsp3) is 0.185. The van der Waals surface area contributed by atoms with Crippen LogP contribution in [-0.4, -0.2) is 20.6 Å². The minimum absolute atomic E-state index is 0.0600. The molecule has 35 heavy (non-hydrogen) atoms. The number of aryl methyl sites for hydroxylation is 1. The van der Waals surface area contributed by atoms with E-state index in [9.17, 15) is 14.9 Å². The first-order valence-corrected chi connectivity index (χ1v) is 11.2. The van der Waals surface area contributed by atoms with Crippen LogP contribution in [-0.2, 0) is 24.5 Å². The van der Waals surface area contributed by atoms with Gasteiger partial charge < -0.3 is 9.64 Å². The number of hydrogen-bond acceptors (Lipinski definition) is 5. The Kier molecular flexibility index (Phi) is 7.21. The van der Waals surface area contributed by atoms with E-state index < -0.39 is 4.92 Å². The molecule has 0 aliphatic rings. The highest BCUT2D eigenvalue weighted by Gasteiger charge is 2.25. The van der Waals surface area contributed by atoms with Gasteiger partial charge in [0.05, 0.1) is 11.5 Å². The van der Waals surface area contributed by atoms with Gasteiger partial charge in [0.15, 0.2) is 0 Å². The molecule has 178 valence electrons. The summed E-state index contributed by atoms with van der Waals surface area (Å²) in [7, 11) is 0. The van der Waals surface area contributed by atoms with Gasteiger partial charge in [-0.05, 0) is 49.2 Å². The molecule has 1 aromatic heterocycles. The van der Waals surface area contributed by atoms with Gasteiger partial charge in [0, 0.05) is 5.69 Å². The van der Waals surface area contributed by atoms with Crippen molar-refractivity contribution in [2.24, 2.45) is 0 Å². The summed E-state index contributed by atoms with van der Waals surface area (Å²) in [5.74, 6) is 0.520. The first-order valence-electron chi connectivity index (χ1n) is 11.2. The maximum atomic E-state index is 13.4. The van der Waals surface area contributed by atoms with Crippen LogP contribution in [0, 0.1) is 24.0 Å². The third kappa shape index (κ3) is 5.73. The fourth-order valence-electron chi connectivity index (χ4n) is 3.87. The van der Waals surface area contributed by atoms with Gasteiger partial charge >= 0.3 is 5.69 Å². The standard InChI is InChI=1S/C27H26N4O4/c1-20-27(31(33)34)21(2)30(28-20)18-26(32)29(24-11-7-4-8-12-24)17-22-13-15-25(16-14-22)35-19-23-9-5-3-6-10-23/h3-16H,17-19H2,1-2H3. The first-order chi connectivity index (χ1) is 16.9. The lowest BCUT2D eigenvalue weighted by molar-refractivity contribution is -0.386. The second-order valence-corrected chi connectivity index (χ2v) is 8.17. The number of carbonyl (C=O) groups excluding carboxylic acids is 1. The molecule has 4 aromatic rings. The predicted molar refractivity (Wildman–Crippen MR) is 133 cm³/mol. The lowest BCUT2D eigenvalue weighted by Gasteiger charge is -2.23. The van der Waals surface area contributed by atoms with Crippen molar-refractivity contribution in [1.29, 1.82) is 0 Å². The fourth-order valence-corrected chi connectivity index (χ4v) is 3.87. The van der Waals surface area contributed by atoms with Crippen molar-refractivity contribution in [3.8, 4) is 5.75 Å². The molecule has 1 amide bonds. The Morgan fingerprint density at radius 1 is 0.943 bits per heavy atom. The Morgan fingerprint density at radius 2 is 1.57 bits per heavy atom. The molecular weight excluding hydrogens is 444 g/mol. The number of para-hydroxylation sites is 1. The Morgan fingerprint density at radius 3 is 2.17 bits per heavy atom. The maximum Gasteiger partial charge on any atom is 0.312 e. The van der Waals surface area contributed by atoms with E-state index in [2.05, 4.69) is 5.10 Å². The van der Waals surface area contributed by atoms with E-state index >= 15 is 0 Å². The molecule has 0 saturated heterocycles. The number of nitrogens with zero attached hydrogens (tertiary/aromatic N) is 4. The summed E-state index contributed by atoms with van der Waals surface area (Å²) in [6.45, 7) is 3.88. The van der Waals surface area contributed by atoms with E-state index in [-0.39, 0.29) is 23.8 Å². The molecule has 4 rings (SSSR count). The number of ether oxygens (including phenoxy) is 1. The summed E-state index contributed by atoms with van der Waals surface area (Å²) in [5, 5.41) is 15.6. The number of hydrogen-bond donors (Lipinski definition) is 0. The molecule has 0 N–H and O–H groups in total. The van der Waals surface area contributed by atoms with E-state index in [1.807, 2.05) is 84.9 Å². The van der Waals surface area contributed by atoms with Crippen LogP contribution in [0.3, 0.4) is 0 Å². The van der Waals surface area contributed by atoms with Crippen molar-refractivity contribution in [3.63, 3.8) is 0 Å². The summed E-state index contributed by atoms with van der Waals surface area (Å²) in [4.78, 5) is 25.9. The van der Waals surface area contributed by atoms with Crippen LogP contribution >= 0.6 is 0 Å². The second-order valence-electron chi connectivity index (χ2n) is 8.17. The lowest BCUT2D eigenvalue weighted by atomic mass is 10.1. The SMILES string of the molecule is Cc1nn(CC(=O)N(Cc2ccc(OCc3ccccc3)cc2)c2ccccc2)c(C)c1[N+](=O)[O-]. The summed E-state index contributed by atoms with van der Waals surface area (Å²) in [6.07, 6.45) is 0. The molecule has 0 spiro atoms. The molecule has 0 fully saturated rings. The van der Waals surface area contributed by atoms with E-state index in [4.69, 9.17) is 4.74 Å². The predicted octanol–water partition coefficient (Wildman–Crippen LogP) is 5.22. The third-order valence-electron chi connectivity index (χ3n) is 5.69. The van der Waals surface area contributed by atoms with E-state index in [1.54, 1.807) is 18.7 Å². The quantitative estimate of drug-likeness (QED) is 0.247.